The lowest BCUT2D eigenvalue weighted by Crippen LogP contribution is -2.39. The number of halogens is 1. The molecule has 2 N–H and O–H groups in total. The maximum Gasteiger partial charge on any atom is 0.327 e. The van der Waals surface area contributed by atoms with Crippen LogP contribution in [0.2, 0.25) is 5.02 Å². The molecule has 0 radical (unpaired) electrons. The summed E-state index contributed by atoms with van der Waals surface area (Å²) in [7, 11) is 0. The molecule has 9 heteroatoms. The van der Waals surface area contributed by atoms with Gasteiger partial charge in [0.15, 0.2) is 0 Å². The van der Waals surface area contributed by atoms with Crippen LogP contribution in [-0.2, 0) is 16.1 Å². The topological polar surface area (TPSA) is 96.5 Å². The highest BCUT2D eigenvalue weighted by Crippen LogP contribution is 2.31. The Morgan fingerprint density at radius 1 is 1.28 bits per heavy atom. The van der Waals surface area contributed by atoms with Crippen LogP contribution in [0.4, 0.5) is 22.2 Å². The van der Waals surface area contributed by atoms with Gasteiger partial charge in [-0.3, -0.25) is 15.0 Å². The molecule has 1 aromatic carbocycles. The van der Waals surface area contributed by atoms with Crippen molar-refractivity contribution in [3.63, 3.8) is 0 Å². The minimum absolute atomic E-state index is 0.00918. The van der Waals surface area contributed by atoms with E-state index in [4.69, 9.17) is 16.3 Å². The highest BCUT2D eigenvalue weighted by molar-refractivity contribution is 6.34. The Morgan fingerprint density at radius 3 is 2.76 bits per heavy atom. The molecule has 2 aliphatic rings. The van der Waals surface area contributed by atoms with Crippen LogP contribution in [-0.4, -0.2) is 34.1 Å². The molecule has 0 atom stereocenters. The maximum atomic E-state index is 12.6. The van der Waals surface area contributed by atoms with Gasteiger partial charge in [-0.2, -0.15) is 4.98 Å². The van der Waals surface area contributed by atoms with Gasteiger partial charge in [0, 0.05) is 24.7 Å². The van der Waals surface area contributed by atoms with Crippen LogP contribution in [0.25, 0.3) is 0 Å². The van der Waals surface area contributed by atoms with Crippen molar-refractivity contribution in [1.82, 2.24) is 9.97 Å². The molecular weight excluding hydrogens is 394 g/mol. The Hall–Kier alpha value is -2.87. The van der Waals surface area contributed by atoms with Gasteiger partial charge in [0.05, 0.1) is 17.3 Å². The molecule has 8 nitrogen and oxygen atoms in total. The van der Waals surface area contributed by atoms with Crippen molar-refractivity contribution in [1.29, 1.82) is 0 Å². The standard InChI is InChI=1S/C20H22ClN5O3/c1-12(27)29-15-8-6-14(7-9-15)23-19-22-10-13-11-26(20(28)25-18(13)24-19)17-5-3-2-4-16(17)21/h2-5,10,14-15H,6-9,11H2,1H3,(H2,22,23,24,25,28). The number of carbonyl (C=O) groups is 2. The second-order valence-electron chi connectivity index (χ2n) is 7.26. The first kappa shape index (κ1) is 19.4. The maximum absolute atomic E-state index is 12.6. The summed E-state index contributed by atoms with van der Waals surface area (Å²) in [5.74, 6) is 0.747. The zero-order valence-corrected chi connectivity index (χ0v) is 16.8. The second-order valence-corrected chi connectivity index (χ2v) is 7.67. The molecule has 0 unspecified atom stereocenters. The Bertz CT molecular complexity index is 930. The molecule has 152 valence electrons. The molecule has 0 bridgehead atoms. The summed E-state index contributed by atoms with van der Waals surface area (Å²) >= 11 is 6.23. The summed E-state index contributed by atoms with van der Waals surface area (Å²) in [6.07, 6.45) is 5.07. The number of para-hydroxylation sites is 1. The van der Waals surface area contributed by atoms with Crippen LogP contribution in [0, 0.1) is 0 Å². The third-order valence-electron chi connectivity index (χ3n) is 5.15. The molecule has 1 aromatic heterocycles. The van der Waals surface area contributed by atoms with E-state index in [2.05, 4.69) is 20.6 Å². The average Bonchev–Trinajstić information content (AvgIpc) is 2.69. The first-order valence-corrected chi connectivity index (χ1v) is 10.00. The largest absolute Gasteiger partial charge is 0.463 e. The first-order chi connectivity index (χ1) is 14.0. The zero-order valence-electron chi connectivity index (χ0n) is 16.0. The lowest BCUT2D eigenvalue weighted by molar-refractivity contribution is -0.147. The summed E-state index contributed by atoms with van der Waals surface area (Å²) in [5, 5.41) is 6.65. The van der Waals surface area contributed by atoms with Crippen LogP contribution in [0.3, 0.4) is 0 Å². The number of hydrogen-bond donors (Lipinski definition) is 2. The van der Waals surface area contributed by atoms with Gasteiger partial charge < -0.3 is 10.1 Å². The van der Waals surface area contributed by atoms with E-state index < -0.39 is 0 Å². The molecule has 1 aliphatic heterocycles. The van der Waals surface area contributed by atoms with Gasteiger partial charge in [-0.25, -0.2) is 9.78 Å². The molecule has 0 spiro atoms. The van der Waals surface area contributed by atoms with Crippen molar-refractivity contribution in [2.24, 2.45) is 0 Å². The predicted molar refractivity (Wildman–Crippen MR) is 110 cm³/mol. The van der Waals surface area contributed by atoms with Crippen LogP contribution in [0.15, 0.2) is 30.5 Å². The number of esters is 1. The summed E-state index contributed by atoms with van der Waals surface area (Å²) < 4.78 is 5.27. The van der Waals surface area contributed by atoms with E-state index in [-0.39, 0.29) is 24.1 Å². The number of urea groups is 1. The lowest BCUT2D eigenvalue weighted by atomic mass is 9.93. The van der Waals surface area contributed by atoms with Gasteiger partial charge in [-0.15, -0.1) is 0 Å². The number of nitrogens with one attached hydrogen (secondary N) is 2. The Balaban J connectivity index is 1.42. The number of anilines is 3. The monoisotopic (exact) mass is 415 g/mol. The van der Waals surface area contributed by atoms with E-state index >= 15 is 0 Å². The molecule has 2 aromatic rings. The fourth-order valence-electron chi connectivity index (χ4n) is 3.72. The quantitative estimate of drug-likeness (QED) is 0.733. The van der Waals surface area contributed by atoms with E-state index in [1.807, 2.05) is 12.1 Å². The third kappa shape index (κ3) is 4.42. The van der Waals surface area contributed by atoms with E-state index in [0.29, 0.717) is 29.0 Å². The SMILES string of the molecule is CC(=O)OC1CCC(Nc2ncc3c(n2)NC(=O)N(c2ccccc2Cl)C3)CC1. The molecule has 0 saturated heterocycles. The van der Waals surface area contributed by atoms with Crippen LogP contribution < -0.4 is 15.5 Å². The number of nitrogens with zero attached hydrogens (tertiary/aromatic N) is 3. The number of hydrogen-bond acceptors (Lipinski definition) is 6. The lowest BCUT2D eigenvalue weighted by Gasteiger charge is -2.30. The van der Waals surface area contributed by atoms with Gasteiger partial charge in [-0.1, -0.05) is 23.7 Å². The number of amides is 2. The molecule has 1 aliphatic carbocycles. The summed E-state index contributed by atoms with van der Waals surface area (Å²) in [4.78, 5) is 34.1. The van der Waals surface area contributed by atoms with Crippen molar-refractivity contribution in [3.05, 3.63) is 41.0 Å². The fourth-order valence-corrected chi connectivity index (χ4v) is 3.96. The highest BCUT2D eigenvalue weighted by Gasteiger charge is 2.28. The second kappa shape index (κ2) is 8.24. The van der Waals surface area contributed by atoms with Crippen LogP contribution in [0.5, 0.6) is 0 Å². The Kier molecular flexibility index (Phi) is 5.53. The van der Waals surface area contributed by atoms with Gasteiger partial charge >= 0.3 is 12.0 Å². The summed E-state index contributed by atoms with van der Waals surface area (Å²) in [6, 6.07) is 7.14. The molecule has 2 heterocycles. The number of carbonyl (C=O) groups excluding carboxylic acids is 2. The van der Waals surface area contributed by atoms with E-state index in [9.17, 15) is 9.59 Å². The van der Waals surface area contributed by atoms with Crippen molar-refractivity contribution in [2.75, 3.05) is 15.5 Å². The van der Waals surface area contributed by atoms with Crippen molar-refractivity contribution in [3.8, 4) is 0 Å². The first-order valence-electron chi connectivity index (χ1n) is 9.62. The highest BCUT2D eigenvalue weighted by atomic mass is 35.5. The number of ether oxygens (including phenoxy) is 1. The van der Waals surface area contributed by atoms with E-state index in [1.54, 1.807) is 23.2 Å². The Morgan fingerprint density at radius 2 is 2.03 bits per heavy atom. The zero-order chi connectivity index (χ0) is 20.4. The predicted octanol–water partition coefficient (Wildman–Crippen LogP) is 3.97. The third-order valence-corrected chi connectivity index (χ3v) is 5.47. The molecular formula is C20H22ClN5O3. The number of aromatic nitrogens is 2. The van der Waals surface area contributed by atoms with Crippen molar-refractivity contribution < 1.29 is 14.3 Å². The fraction of sp³-hybridized carbons (Fsp3) is 0.400. The molecule has 1 saturated carbocycles. The molecule has 2 amide bonds. The number of benzene rings is 1. The van der Waals surface area contributed by atoms with Crippen LogP contribution in [0.1, 0.15) is 38.2 Å². The summed E-state index contributed by atoms with van der Waals surface area (Å²) in [5.41, 5.74) is 1.46. The summed E-state index contributed by atoms with van der Waals surface area (Å²) in [6.45, 7) is 1.78. The minimum Gasteiger partial charge on any atom is -0.463 e. The molecule has 1 fully saturated rings. The van der Waals surface area contributed by atoms with Gasteiger partial charge in [0.25, 0.3) is 0 Å². The number of rotatable bonds is 4. The minimum atomic E-state index is -0.280. The van der Waals surface area contributed by atoms with Crippen molar-refractivity contribution in [2.45, 2.75) is 51.3 Å². The van der Waals surface area contributed by atoms with E-state index in [0.717, 1.165) is 31.2 Å². The molecule has 29 heavy (non-hydrogen) atoms. The normalized spacial score (nSPS) is 21.2. The van der Waals surface area contributed by atoms with Gasteiger partial charge in [0.2, 0.25) is 5.95 Å². The van der Waals surface area contributed by atoms with Gasteiger partial charge in [-0.05, 0) is 37.8 Å². The molecule has 4 rings (SSSR count). The average molecular weight is 416 g/mol. The number of fused-ring (bicyclic) bond motifs is 1. The van der Waals surface area contributed by atoms with Gasteiger partial charge in [0.1, 0.15) is 11.9 Å². The van der Waals surface area contributed by atoms with Crippen molar-refractivity contribution >= 4 is 41.1 Å². The smallest absolute Gasteiger partial charge is 0.327 e. The van der Waals surface area contributed by atoms with E-state index in [1.165, 1.54) is 6.92 Å². The Labute approximate surface area is 173 Å². The van der Waals surface area contributed by atoms with Crippen LogP contribution >= 0.6 is 11.6 Å².